The van der Waals surface area contributed by atoms with Crippen molar-refractivity contribution in [2.45, 2.75) is 13.3 Å². The van der Waals surface area contributed by atoms with E-state index in [2.05, 4.69) is 16.0 Å². The third-order valence-corrected chi connectivity index (χ3v) is 2.83. The molecule has 1 heterocycles. The maximum atomic E-state index is 11.7. The molecule has 1 aromatic carbocycles. The Balaban J connectivity index is 1.71. The third kappa shape index (κ3) is 4.65. The molecule has 0 spiro atoms. The molecule has 1 aliphatic heterocycles. The fourth-order valence-corrected chi connectivity index (χ4v) is 1.80. The van der Waals surface area contributed by atoms with Crippen LogP contribution in [0.3, 0.4) is 0 Å². The number of ether oxygens (including phenoxy) is 2. The minimum Gasteiger partial charge on any atom is -0.454 e. The number of hydrogen-bond donors (Lipinski definition) is 3. The summed E-state index contributed by atoms with van der Waals surface area (Å²) in [5.74, 6) is 0.330. The molecule has 0 fully saturated rings. The number of nitrogens with one attached hydrogen (secondary N) is 3. The van der Waals surface area contributed by atoms with E-state index in [1.165, 1.54) is 6.92 Å². The van der Waals surface area contributed by atoms with Gasteiger partial charge in [-0.15, -0.1) is 0 Å². The molecular formula is C14H17N3O5. The summed E-state index contributed by atoms with van der Waals surface area (Å²) in [5.41, 5.74) is 0.557. The molecule has 3 amide bonds. The van der Waals surface area contributed by atoms with Crippen molar-refractivity contribution >= 4 is 23.4 Å². The van der Waals surface area contributed by atoms with E-state index in [9.17, 15) is 14.4 Å². The van der Waals surface area contributed by atoms with Crippen LogP contribution in [-0.4, -0.2) is 37.6 Å². The Bertz CT molecular complexity index is 588. The summed E-state index contributed by atoms with van der Waals surface area (Å²) >= 11 is 0. The summed E-state index contributed by atoms with van der Waals surface area (Å²) in [4.78, 5) is 33.8. The first-order valence-electron chi connectivity index (χ1n) is 6.75. The quantitative estimate of drug-likeness (QED) is 0.686. The highest BCUT2D eigenvalue weighted by Crippen LogP contribution is 2.34. The zero-order chi connectivity index (χ0) is 15.9. The largest absolute Gasteiger partial charge is 0.454 e. The van der Waals surface area contributed by atoms with Crippen LogP contribution in [0, 0.1) is 0 Å². The minimum absolute atomic E-state index is 0.122. The highest BCUT2D eigenvalue weighted by atomic mass is 16.7. The topological polar surface area (TPSA) is 106 Å². The lowest BCUT2D eigenvalue weighted by Gasteiger charge is -2.08. The zero-order valence-electron chi connectivity index (χ0n) is 12.1. The van der Waals surface area contributed by atoms with E-state index in [0.29, 0.717) is 17.2 Å². The molecule has 0 aliphatic carbocycles. The molecular weight excluding hydrogens is 290 g/mol. The first-order chi connectivity index (χ1) is 10.5. The molecule has 0 bridgehead atoms. The molecule has 0 atom stereocenters. The smallest absolute Gasteiger partial charge is 0.243 e. The Kier molecular flexibility index (Phi) is 5.18. The molecule has 0 saturated carbocycles. The average Bonchev–Trinajstić information content (AvgIpc) is 2.92. The Hall–Kier alpha value is -2.77. The first kappa shape index (κ1) is 15.6. The van der Waals surface area contributed by atoms with E-state index in [1.807, 2.05) is 0 Å². The first-order valence-corrected chi connectivity index (χ1v) is 6.75. The van der Waals surface area contributed by atoms with Crippen LogP contribution >= 0.6 is 0 Å². The summed E-state index contributed by atoms with van der Waals surface area (Å²) in [7, 11) is 0. The van der Waals surface area contributed by atoms with Gasteiger partial charge in [0.2, 0.25) is 24.5 Å². The van der Waals surface area contributed by atoms with E-state index in [-0.39, 0.29) is 44.0 Å². The summed E-state index contributed by atoms with van der Waals surface area (Å²) in [6, 6.07) is 5.03. The number of carbonyl (C=O) groups is 3. The maximum Gasteiger partial charge on any atom is 0.243 e. The molecule has 2 rings (SSSR count). The number of rotatable bonds is 6. The van der Waals surface area contributed by atoms with Gasteiger partial charge in [-0.2, -0.15) is 0 Å². The van der Waals surface area contributed by atoms with Gasteiger partial charge in [0.25, 0.3) is 0 Å². The maximum absolute atomic E-state index is 11.7. The number of anilines is 1. The van der Waals surface area contributed by atoms with Crippen molar-refractivity contribution in [3.63, 3.8) is 0 Å². The van der Waals surface area contributed by atoms with Crippen LogP contribution in [0.25, 0.3) is 0 Å². The normalized spacial score (nSPS) is 11.7. The van der Waals surface area contributed by atoms with Crippen LogP contribution in [-0.2, 0) is 14.4 Å². The highest BCUT2D eigenvalue weighted by molar-refractivity contribution is 5.94. The minimum atomic E-state index is -0.355. The number of hydrogen-bond acceptors (Lipinski definition) is 5. The van der Waals surface area contributed by atoms with Gasteiger partial charge >= 0.3 is 0 Å². The van der Waals surface area contributed by atoms with Crippen LogP contribution in [0.4, 0.5) is 5.69 Å². The summed E-state index contributed by atoms with van der Waals surface area (Å²) in [5, 5.41) is 7.61. The Morgan fingerprint density at radius 1 is 1.09 bits per heavy atom. The second-order valence-electron chi connectivity index (χ2n) is 4.63. The number of benzene rings is 1. The Morgan fingerprint density at radius 2 is 1.86 bits per heavy atom. The number of amides is 3. The van der Waals surface area contributed by atoms with Gasteiger partial charge in [-0.25, -0.2) is 0 Å². The van der Waals surface area contributed by atoms with E-state index >= 15 is 0 Å². The van der Waals surface area contributed by atoms with Crippen LogP contribution < -0.4 is 25.4 Å². The van der Waals surface area contributed by atoms with Gasteiger partial charge in [-0.05, 0) is 12.1 Å². The Morgan fingerprint density at radius 3 is 2.64 bits per heavy atom. The van der Waals surface area contributed by atoms with Gasteiger partial charge in [0.1, 0.15) is 0 Å². The number of fused-ring (bicyclic) bond motifs is 1. The SMILES string of the molecule is CC(=O)NCCC(=O)NCC(=O)Nc1ccc2c(c1)OCO2. The fraction of sp³-hybridized carbons (Fsp3) is 0.357. The van der Waals surface area contributed by atoms with Crippen molar-refractivity contribution in [3.05, 3.63) is 18.2 Å². The average molecular weight is 307 g/mol. The molecule has 22 heavy (non-hydrogen) atoms. The molecule has 0 radical (unpaired) electrons. The second kappa shape index (κ2) is 7.30. The van der Waals surface area contributed by atoms with Gasteiger partial charge in [0.05, 0.1) is 6.54 Å². The van der Waals surface area contributed by atoms with Crippen molar-refractivity contribution in [2.24, 2.45) is 0 Å². The van der Waals surface area contributed by atoms with Crippen LogP contribution in [0.2, 0.25) is 0 Å². The van der Waals surface area contributed by atoms with E-state index in [0.717, 1.165) is 0 Å². The molecule has 1 aromatic rings. The molecule has 1 aliphatic rings. The van der Waals surface area contributed by atoms with Crippen LogP contribution in [0.15, 0.2) is 18.2 Å². The molecule has 0 saturated heterocycles. The molecule has 0 aromatic heterocycles. The van der Waals surface area contributed by atoms with E-state index in [1.54, 1.807) is 18.2 Å². The monoisotopic (exact) mass is 307 g/mol. The van der Waals surface area contributed by atoms with Gasteiger partial charge in [-0.1, -0.05) is 0 Å². The zero-order valence-corrected chi connectivity index (χ0v) is 12.1. The van der Waals surface area contributed by atoms with Crippen molar-refractivity contribution in [1.82, 2.24) is 10.6 Å². The second-order valence-corrected chi connectivity index (χ2v) is 4.63. The molecule has 8 nitrogen and oxygen atoms in total. The predicted molar refractivity (Wildman–Crippen MR) is 77.5 cm³/mol. The van der Waals surface area contributed by atoms with Gasteiger partial charge in [0, 0.05) is 31.6 Å². The van der Waals surface area contributed by atoms with Gasteiger partial charge in [-0.3, -0.25) is 14.4 Å². The third-order valence-electron chi connectivity index (χ3n) is 2.83. The fourth-order valence-electron chi connectivity index (χ4n) is 1.80. The molecule has 3 N–H and O–H groups in total. The molecule has 0 unspecified atom stereocenters. The van der Waals surface area contributed by atoms with Crippen molar-refractivity contribution in [1.29, 1.82) is 0 Å². The number of carbonyl (C=O) groups excluding carboxylic acids is 3. The highest BCUT2D eigenvalue weighted by Gasteiger charge is 2.14. The lowest BCUT2D eigenvalue weighted by atomic mass is 10.2. The van der Waals surface area contributed by atoms with Gasteiger partial charge < -0.3 is 25.4 Å². The lowest BCUT2D eigenvalue weighted by molar-refractivity contribution is -0.124. The van der Waals surface area contributed by atoms with Crippen molar-refractivity contribution in [3.8, 4) is 11.5 Å². The van der Waals surface area contributed by atoms with Gasteiger partial charge in [0.15, 0.2) is 11.5 Å². The summed E-state index contributed by atoms with van der Waals surface area (Å²) in [6.07, 6.45) is 0.122. The van der Waals surface area contributed by atoms with Crippen LogP contribution in [0.5, 0.6) is 11.5 Å². The van der Waals surface area contributed by atoms with Crippen molar-refractivity contribution < 1.29 is 23.9 Å². The molecule has 118 valence electrons. The molecule has 8 heteroatoms. The Labute approximate surface area is 127 Å². The van der Waals surface area contributed by atoms with Crippen molar-refractivity contribution in [2.75, 3.05) is 25.2 Å². The summed E-state index contributed by atoms with van der Waals surface area (Å²) in [6.45, 7) is 1.63. The summed E-state index contributed by atoms with van der Waals surface area (Å²) < 4.78 is 10.4. The van der Waals surface area contributed by atoms with E-state index < -0.39 is 0 Å². The predicted octanol–water partition coefficient (Wildman–Crippen LogP) is -0.00380. The lowest BCUT2D eigenvalue weighted by Crippen LogP contribution is -2.35. The van der Waals surface area contributed by atoms with E-state index in [4.69, 9.17) is 9.47 Å². The standard InChI is InChI=1S/C14H17N3O5/c1-9(18)15-5-4-13(19)16-7-14(20)17-10-2-3-11-12(6-10)22-8-21-11/h2-3,6H,4-5,7-8H2,1H3,(H,15,18)(H,16,19)(H,17,20). The van der Waals surface area contributed by atoms with Crippen LogP contribution in [0.1, 0.15) is 13.3 Å².